The van der Waals surface area contributed by atoms with E-state index in [0.29, 0.717) is 6.42 Å². The fourth-order valence-corrected chi connectivity index (χ4v) is 0.668. The standard InChI is InChI=1S/C7H14O3/c8-4-1-2-7(6-10)3-5-9/h1-2,7-10H,3-6H2. The zero-order valence-corrected chi connectivity index (χ0v) is 5.90. The normalized spacial score (nSPS) is 14.3. The van der Waals surface area contributed by atoms with Crippen LogP contribution in [0.5, 0.6) is 0 Å². The van der Waals surface area contributed by atoms with Crippen LogP contribution in [-0.2, 0) is 0 Å². The summed E-state index contributed by atoms with van der Waals surface area (Å²) in [5, 5.41) is 25.4. The van der Waals surface area contributed by atoms with Gasteiger partial charge in [0, 0.05) is 19.1 Å². The summed E-state index contributed by atoms with van der Waals surface area (Å²) in [6.45, 7) is 0.0833. The van der Waals surface area contributed by atoms with Gasteiger partial charge < -0.3 is 15.3 Å². The lowest BCUT2D eigenvalue weighted by molar-refractivity contribution is 0.207. The third kappa shape index (κ3) is 4.49. The van der Waals surface area contributed by atoms with E-state index in [1.54, 1.807) is 12.2 Å². The van der Waals surface area contributed by atoms with E-state index < -0.39 is 0 Å². The second-order valence-corrected chi connectivity index (χ2v) is 2.07. The molecule has 0 aromatic heterocycles. The Kier molecular flexibility index (Phi) is 6.48. The van der Waals surface area contributed by atoms with Gasteiger partial charge in [0.05, 0.1) is 6.61 Å². The van der Waals surface area contributed by atoms with Crippen molar-refractivity contribution in [1.82, 2.24) is 0 Å². The first-order valence-corrected chi connectivity index (χ1v) is 3.34. The average molecular weight is 146 g/mol. The Morgan fingerprint density at radius 2 is 1.90 bits per heavy atom. The average Bonchev–Trinajstić information content (AvgIpc) is 1.98. The fourth-order valence-electron chi connectivity index (χ4n) is 0.668. The van der Waals surface area contributed by atoms with Gasteiger partial charge in [-0.1, -0.05) is 12.2 Å². The smallest absolute Gasteiger partial charge is 0.0612 e. The molecule has 1 unspecified atom stereocenters. The van der Waals surface area contributed by atoms with Crippen molar-refractivity contribution in [1.29, 1.82) is 0 Å². The minimum atomic E-state index is -0.0165. The molecule has 0 saturated carbocycles. The van der Waals surface area contributed by atoms with Crippen molar-refractivity contribution in [3.8, 4) is 0 Å². The van der Waals surface area contributed by atoms with Gasteiger partial charge in [-0.25, -0.2) is 0 Å². The van der Waals surface area contributed by atoms with E-state index >= 15 is 0 Å². The van der Waals surface area contributed by atoms with Crippen molar-refractivity contribution in [3.63, 3.8) is 0 Å². The molecule has 3 heteroatoms. The first kappa shape index (κ1) is 9.62. The minimum absolute atomic E-state index is 0.0120. The van der Waals surface area contributed by atoms with Crippen molar-refractivity contribution >= 4 is 0 Å². The maximum absolute atomic E-state index is 8.64. The molecule has 0 aliphatic rings. The molecule has 0 radical (unpaired) electrons. The largest absolute Gasteiger partial charge is 0.396 e. The summed E-state index contributed by atoms with van der Waals surface area (Å²) < 4.78 is 0. The van der Waals surface area contributed by atoms with Gasteiger partial charge in [0.2, 0.25) is 0 Å². The van der Waals surface area contributed by atoms with E-state index in [1.165, 1.54) is 0 Å². The Morgan fingerprint density at radius 3 is 2.30 bits per heavy atom. The van der Waals surface area contributed by atoms with Crippen LogP contribution in [0.1, 0.15) is 6.42 Å². The Hall–Kier alpha value is -0.380. The van der Waals surface area contributed by atoms with Gasteiger partial charge in [-0.2, -0.15) is 0 Å². The van der Waals surface area contributed by atoms with Gasteiger partial charge in [-0.05, 0) is 6.42 Å². The van der Waals surface area contributed by atoms with Crippen LogP contribution in [0.3, 0.4) is 0 Å². The molecule has 10 heavy (non-hydrogen) atoms. The molecule has 0 aromatic carbocycles. The summed E-state index contributed by atoms with van der Waals surface area (Å²) in [5.41, 5.74) is 0. The molecule has 0 aliphatic heterocycles. The number of hydrogen-bond acceptors (Lipinski definition) is 3. The van der Waals surface area contributed by atoms with E-state index in [-0.39, 0.29) is 25.7 Å². The van der Waals surface area contributed by atoms with Crippen LogP contribution >= 0.6 is 0 Å². The van der Waals surface area contributed by atoms with Crippen LogP contribution < -0.4 is 0 Å². The molecular formula is C7H14O3. The Bertz CT molecular complexity index is 90.9. The maximum atomic E-state index is 8.64. The zero-order chi connectivity index (χ0) is 7.82. The minimum Gasteiger partial charge on any atom is -0.396 e. The zero-order valence-electron chi connectivity index (χ0n) is 5.90. The Morgan fingerprint density at radius 1 is 1.20 bits per heavy atom. The van der Waals surface area contributed by atoms with Crippen LogP contribution in [0.4, 0.5) is 0 Å². The predicted molar refractivity (Wildman–Crippen MR) is 38.5 cm³/mol. The van der Waals surface area contributed by atoms with Gasteiger partial charge in [0.1, 0.15) is 0 Å². The van der Waals surface area contributed by atoms with Crippen LogP contribution in [-0.4, -0.2) is 35.1 Å². The number of hydrogen-bond donors (Lipinski definition) is 3. The van der Waals surface area contributed by atoms with Crippen molar-refractivity contribution in [2.24, 2.45) is 5.92 Å². The van der Waals surface area contributed by atoms with Gasteiger partial charge in [-0.15, -0.1) is 0 Å². The molecular weight excluding hydrogens is 132 g/mol. The van der Waals surface area contributed by atoms with Gasteiger partial charge in [0.25, 0.3) is 0 Å². The quantitative estimate of drug-likeness (QED) is 0.459. The van der Waals surface area contributed by atoms with Crippen LogP contribution in [0, 0.1) is 5.92 Å². The van der Waals surface area contributed by atoms with Crippen LogP contribution in [0.2, 0.25) is 0 Å². The SMILES string of the molecule is OCC=CC(CO)CCO. The molecule has 0 saturated heterocycles. The number of rotatable bonds is 5. The first-order chi connectivity index (χ1) is 4.85. The molecule has 3 N–H and O–H groups in total. The second-order valence-electron chi connectivity index (χ2n) is 2.07. The lowest BCUT2D eigenvalue weighted by Crippen LogP contribution is -2.04. The summed E-state index contributed by atoms with van der Waals surface area (Å²) in [4.78, 5) is 0. The molecule has 0 fully saturated rings. The van der Waals surface area contributed by atoms with E-state index in [2.05, 4.69) is 0 Å². The molecule has 0 heterocycles. The summed E-state index contributed by atoms with van der Waals surface area (Å²) in [6, 6.07) is 0. The summed E-state index contributed by atoms with van der Waals surface area (Å²) in [7, 11) is 0. The van der Waals surface area contributed by atoms with E-state index in [9.17, 15) is 0 Å². The highest BCUT2D eigenvalue weighted by Crippen LogP contribution is 2.01. The van der Waals surface area contributed by atoms with Gasteiger partial charge in [-0.3, -0.25) is 0 Å². The van der Waals surface area contributed by atoms with Gasteiger partial charge in [0.15, 0.2) is 0 Å². The monoisotopic (exact) mass is 146 g/mol. The van der Waals surface area contributed by atoms with Crippen molar-refractivity contribution in [2.75, 3.05) is 19.8 Å². The fraction of sp³-hybridized carbons (Fsp3) is 0.714. The molecule has 0 aliphatic carbocycles. The molecule has 1 atom stereocenters. The van der Waals surface area contributed by atoms with Crippen molar-refractivity contribution in [3.05, 3.63) is 12.2 Å². The topological polar surface area (TPSA) is 60.7 Å². The number of aliphatic hydroxyl groups is 3. The highest BCUT2D eigenvalue weighted by atomic mass is 16.3. The van der Waals surface area contributed by atoms with E-state index in [4.69, 9.17) is 15.3 Å². The summed E-state index contributed by atoms with van der Waals surface area (Å²) in [5.74, 6) is -0.0165. The summed E-state index contributed by atoms with van der Waals surface area (Å²) in [6.07, 6.45) is 3.82. The number of aliphatic hydroxyl groups excluding tert-OH is 3. The molecule has 0 bridgehead atoms. The van der Waals surface area contributed by atoms with E-state index in [1.807, 2.05) is 0 Å². The third-order valence-electron chi connectivity index (χ3n) is 1.25. The molecule has 60 valence electrons. The second kappa shape index (κ2) is 6.74. The molecule has 0 rings (SSSR count). The molecule has 0 aromatic rings. The van der Waals surface area contributed by atoms with E-state index in [0.717, 1.165) is 0 Å². The first-order valence-electron chi connectivity index (χ1n) is 3.34. The Labute approximate surface area is 60.6 Å². The molecule has 0 spiro atoms. The highest BCUT2D eigenvalue weighted by molar-refractivity contribution is 4.87. The Balaban J connectivity index is 3.48. The summed E-state index contributed by atoms with van der Waals surface area (Å²) >= 11 is 0. The highest BCUT2D eigenvalue weighted by Gasteiger charge is 1.99. The maximum Gasteiger partial charge on any atom is 0.0612 e. The van der Waals surface area contributed by atoms with Gasteiger partial charge >= 0.3 is 0 Å². The van der Waals surface area contributed by atoms with Crippen molar-refractivity contribution < 1.29 is 15.3 Å². The third-order valence-corrected chi connectivity index (χ3v) is 1.25. The van der Waals surface area contributed by atoms with Crippen molar-refractivity contribution in [2.45, 2.75) is 6.42 Å². The van der Waals surface area contributed by atoms with Crippen LogP contribution in [0.15, 0.2) is 12.2 Å². The van der Waals surface area contributed by atoms with Crippen LogP contribution in [0.25, 0.3) is 0 Å². The lowest BCUT2D eigenvalue weighted by atomic mass is 10.1. The predicted octanol–water partition coefficient (Wildman–Crippen LogP) is -0.474. The molecule has 3 nitrogen and oxygen atoms in total. The molecule has 0 amide bonds. The lowest BCUT2D eigenvalue weighted by Gasteiger charge is -2.04.